The molecule has 3 rings (SSSR count). The van der Waals surface area contributed by atoms with E-state index >= 15 is 0 Å². The number of likely N-dealkylation sites (tertiary alicyclic amines) is 1. The number of nitrogens with zero attached hydrogens (tertiary/aromatic N) is 1. The summed E-state index contributed by atoms with van der Waals surface area (Å²) in [5.41, 5.74) is 7.92. The van der Waals surface area contributed by atoms with Gasteiger partial charge in [-0.15, -0.1) is 0 Å². The zero-order chi connectivity index (χ0) is 13.8. The van der Waals surface area contributed by atoms with E-state index < -0.39 is 0 Å². The summed E-state index contributed by atoms with van der Waals surface area (Å²) in [5, 5.41) is 0. The monoisotopic (exact) mass is 268 g/mol. The van der Waals surface area contributed by atoms with Crippen LogP contribution in [0.4, 0.5) is 0 Å². The fraction of sp³-hybridized carbons (Fsp3) is 0.556. The number of fused-ring (bicyclic) bond motifs is 1. The Morgan fingerprint density at radius 2 is 2.10 bits per heavy atom. The van der Waals surface area contributed by atoms with Crippen LogP contribution in [0.1, 0.15) is 43.2 Å². The van der Waals surface area contributed by atoms with Crippen molar-refractivity contribution in [3.63, 3.8) is 0 Å². The minimum atomic E-state index is 0.431. The number of hydrogen-bond donors (Lipinski definition) is 1. The molecule has 2 unspecified atom stereocenters. The molecule has 1 aliphatic heterocycles. The Morgan fingerprint density at radius 3 is 3.00 bits per heavy atom. The van der Waals surface area contributed by atoms with E-state index in [0.29, 0.717) is 6.54 Å². The Morgan fingerprint density at radius 1 is 1.20 bits per heavy atom. The van der Waals surface area contributed by atoms with Crippen LogP contribution < -0.4 is 5.73 Å². The van der Waals surface area contributed by atoms with E-state index in [1.54, 1.807) is 0 Å². The summed E-state index contributed by atoms with van der Waals surface area (Å²) in [6, 6.07) is 9.47. The van der Waals surface area contributed by atoms with Gasteiger partial charge >= 0.3 is 0 Å². The Hall–Kier alpha value is -1.30. The average Bonchev–Trinajstić information content (AvgIpc) is 2.95. The van der Waals surface area contributed by atoms with Crippen molar-refractivity contribution in [2.45, 2.75) is 44.7 Å². The first kappa shape index (κ1) is 13.7. The summed E-state index contributed by atoms with van der Waals surface area (Å²) in [5.74, 6) is 7.03. The van der Waals surface area contributed by atoms with Gasteiger partial charge in [-0.3, -0.25) is 4.90 Å². The zero-order valence-electron chi connectivity index (χ0n) is 12.1. The average molecular weight is 268 g/mol. The van der Waals surface area contributed by atoms with Gasteiger partial charge < -0.3 is 5.73 Å². The van der Waals surface area contributed by atoms with Crippen LogP contribution in [0.2, 0.25) is 0 Å². The smallest absolute Gasteiger partial charge is 0.0555 e. The van der Waals surface area contributed by atoms with E-state index in [4.69, 9.17) is 5.73 Å². The Kier molecular flexibility index (Phi) is 4.40. The van der Waals surface area contributed by atoms with Gasteiger partial charge in [-0.1, -0.05) is 30.4 Å². The van der Waals surface area contributed by atoms with Crippen molar-refractivity contribution in [2.75, 3.05) is 13.1 Å². The van der Waals surface area contributed by atoms with Gasteiger partial charge in [0.05, 0.1) is 6.54 Å². The molecule has 1 saturated carbocycles. The zero-order valence-corrected chi connectivity index (χ0v) is 12.1. The molecule has 1 aromatic carbocycles. The van der Waals surface area contributed by atoms with Crippen LogP contribution in [0, 0.1) is 17.8 Å². The highest BCUT2D eigenvalue weighted by Gasteiger charge is 2.34. The van der Waals surface area contributed by atoms with Gasteiger partial charge in [0.2, 0.25) is 0 Å². The van der Waals surface area contributed by atoms with E-state index in [-0.39, 0.29) is 0 Å². The Balaban J connectivity index is 1.70. The topological polar surface area (TPSA) is 29.3 Å². The summed E-state index contributed by atoms with van der Waals surface area (Å²) < 4.78 is 0. The van der Waals surface area contributed by atoms with Crippen LogP contribution in [0.25, 0.3) is 0 Å². The maximum atomic E-state index is 5.44. The fourth-order valence-electron chi connectivity index (χ4n) is 3.89. The lowest BCUT2D eigenvalue weighted by Gasteiger charge is -2.37. The van der Waals surface area contributed by atoms with Crippen LogP contribution in [0.3, 0.4) is 0 Å². The van der Waals surface area contributed by atoms with Gasteiger partial charge in [0.15, 0.2) is 0 Å². The van der Waals surface area contributed by atoms with Crippen molar-refractivity contribution in [2.24, 2.45) is 11.7 Å². The molecule has 1 aromatic rings. The summed E-state index contributed by atoms with van der Waals surface area (Å²) in [4.78, 5) is 2.71. The molecule has 106 valence electrons. The predicted molar refractivity (Wildman–Crippen MR) is 83.1 cm³/mol. The van der Waals surface area contributed by atoms with E-state index in [1.807, 2.05) is 0 Å². The number of rotatable bonds is 2. The molecule has 2 nitrogen and oxygen atoms in total. The van der Waals surface area contributed by atoms with Crippen molar-refractivity contribution >= 4 is 0 Å². The Bertz CT molecular complexity index is 512. The molecule has 1 heterocycles. The second-order valence-corrected chi connectivity index (χ2v) is 6.08. The lowest BCUT2D eigenvalue weighted by atomic mass is 9.91. The standard InChI is InChI=1S/C18H24N2/c19-11-3-7-15-5-1-6-16(13-15)14-20-12-4-9-17-8-2-10-18(17)20/h1,5-6,13,17-18H,2,4,8-12,14,19H2. The van der Waals surface area contributed by atoms with Crippen LogP contribution in [-0.4, -0.2) is 24.0 Å². The molecule has 0 spiro atoms. The number of benzene rings is 1. The first-order chi connectivity index (χ1) is 9.86. The third-order valence-corrected chi connectivity index (χ3v) is 4.76. The maximum absolute atomic E-state index is 5.44. The Labute approximate surface area is 122 Å². The van der Waals surface area contributed by atoms with E-state index in [0.717, 1.165) is 24.1 Å². The number of hydrogen-bond acceptors (Lipinski definition) is 2. The van der Waals surface area contributed by atoms with Crippen molar-refractivity contribution in [1.82, 2.24) is 4.90 Å². The van der Waals surface area contributed by atoms with E-state index in [1.165, 1.54) is 44.2 Å². The second kappa shape index (κ2) is 6.43. The maximum Gasteiger partial charge on any atom is 0.0555 e. The SMILES string of the molecule is NCC#Cc1cccc(CN2CCCC3CCCC32)c1. The van der Waals surface area contributed by atoms with Crippen LogP contribution in [-0.2, 0) is 6.54 Å². The van der Waals surface area contributed by atoms with Crippen LogP contribution in [0.15, 0.2) is 24.3 Å². The van der Waals surface area contributed by atoms with Crippen molar-refractivity contribution in [1.29, 1.82) is 0 Å². The quantitative estimate of drug-likeness (QED) is 0.836. The third kappa shape index (κ3) is 3.06. The molecule has 2 heteroatoms. The van der Waals surface area contributed by atoms with Crippen molar-refractivity contribution < 1.29 is 0 Å². The van der Waals surface area contributed by atoms with Gasteiger partial charge in [0, 0.05) is 18.2 Å². The molecule has 0 amide bonds. The van der Waals surface area contributed by atoms with Crippen molar-refractivity contribution in [3.05, 3.63) is 35.4 Å². The molecular formula is C18H24N2. The number of nitrogens with two attached hydrogens (primary N) is 1. The minimum Gasteiger partial charge on any atom is -0.320 e. The van der Waals surface area contributed by atoms with E-state index in [2.05, 4.69) is 41.0 Å². The molecule has 1 saturated heterocycles. The van der Waals surface area contributed by atoms with Gasteiger partial charge in [-0.25, -0.2) is 0 Å². The molecule has 0 aromatic heterocycles. The van der Waals surface area contributed by atoms with Crippen LogP contribution >= 0.6 is 0 Å². The van der Waals surface area contributed by atoms with Crippen molar-refractivity contribution in [3.8, 4) is 11.8 Å². The van der Waals surface area contributed by atoms with Gasteiger partial charge in [-0.05, 0) is 55.8 Å². The first-order valence-corrected chi connectivity index (χ1v) is 7.89. The second-order valence-electron chi connectivity index (χ2n) is 6.08. The number of piperidine rings is 1. The van der Waals surface area contributed by atoms with Gasteiger partial charge in [0.25, 0.3) is 0 Å². The predicted octanol–water partition coefficient (Wildman–Crippen LogP) is 2.76. The molecule has 0 bridgehead atoms. The van der Waals surface area contributed by atoms with E-state index in [9.17, 15) is 0 Å². The molecule has 2 fully saturated rings. The lowest BCUT2D eigenvalue weighted by molar-refractivity contribution is 0.106. The van der Waals surface area contributed by atoms with Gasteiger partial charge in [0.1, 0.15) is 0 Å². The third-order valence-electron chi connectivity index (χ3n) is 4.76. The summed E-state index contributed by atoms with van der Waals surface area (Å²) >= 11 is 0. The molecule has 2 atom stereocenters. The lowest BCUT2D eigenvalue weighted by Crippen LogP contribution is -2.41. The molecule has 1 aliphatic carbocycles. The van der Waals surface area contributed by atoms with Gasteiger partial charge in [-0.2, -0.15) is 0 Å². The molecule has 2 aliphatic rings. The summed E-state index contributed by atoms with van der Waals surface area (Å²) in [7, 11) is 0. The first-order valence-electron chi connectivity index (χ1n) is 7.89. The fourth-order valence-corrected chi connectivity index (χ4v) is 3.89. The molecular weight excluding hydrogens is 244 g/mol. The largest absolute Gasteiger partial charge is 0.320 e. The minimum absolute atomic E-state index is 0.431. The molecule has 20 heavy (non-hydrogen) atoms. The van der Waals surface area contributed by atoms with Crippen LogP contribution in [0.5, 0.6) is 0 Å². The highest BCUT2D eigenvalue weighted by molar-refractivity contribution is 5.37. The molecule has 2 N–H and O–H groups in total. The normalized spacial score (nSPS) is 25.9. The highest BCUT2D eigenvalue weighted by atomic mass is 15.2. The highest BCUT2D eigenvalue weighted by Crippen LogP contribution is 2.37. The molecule has 0 radical (unpaired) electrons. The summed E-state index contributed by atoms with van der Waals surface area (Å²) in [6.07, 6.45) is 7.09. The summed E-state index contributed by atoms with van der Waals surface area (Å²) in [6.45, 7) is 2.78.